The fraction of sp³-hybridized carbons (Fsp3) is 0.273. The van der Waals surface area contributed by atoms with Crippen LogP contribution in [0.2, 0.25) is 0 Å². The van der Waals surface area contributed by atoms with Crippen molar-refractivity contribution >= 4 is 10.9 Å². The Bertz CT molecular complexity index is 417. The Balaban J connectivity index is 2.67. The summed E-state index contributed by atoms with van der Waals surface area (Å²) in [5, 5.41) is 1.17. The molecule has 1 aromatic heterocycles. The van der Waals surface area contributed by atoms with Gasteiger partial charge < -0.3 is 9.72 Å². The highest BCUT2D eigenvalue weighted by Gasteiger charge is 2.03. The third kappa shape index (κ3) is 1.28. The lowest BCUT2D eigenvalue weighted by atomic mass is 10.2. The van der Waals surface area contributed by atoms with Crippen LogP contribution in [0.15, 0.2) is 24.3 Å². The minimum atomic E-state index is 0.938. The van der Waals surface area contributed by atoms with E-state index in [1.54, 1.807) is 7.11 Å². The van der Waals surface area contributed by atoms with Crippen LogP contribution in [-0.2, 0) is 6.42 Å². The molecule has 2 heteroatoms. The number of aryl methyl sites for hydroxylation is 1. The molecule has 0 aliphatic carbocycles. The number of benzene rings is 1. The van der Waals surface area contributed by atoms with Gasteiger partial charge in [-0.05, 0) is 24.6 Å². The second-order valence-corrected chi connectivity index (χ2v) is 3.07. The van der Waals surface area contributed by atoms with Gasteiger partial charge in [0.1, 0.15) is 5.75 Å². The number of H-pyrrole nitrogens is 1. The number of methoxy groups -OCH3 is 1. The van der Waals surface area contributed by atoms with Gasteiger partial charge in [0.2, 0.25) is 0 Å². The molecule has 0 fully saturated rings. The van der Waals surface area contributed by atoms with Gasteiger partial charge in [-0.15, -0.1) is 0 Å². The molecule has 0 atom stereocenters. The van der Waals surface area contributed by atoms with E-state index < -0.39 is 0 Å². The molecule has 0 aliphatic heterocycles. The second-order valence-electron chi connectivity index (χ2n) is 3.07. The van der Waals surface area contributed by atoms with Crippen molar-refractivity contribution in [2.75, 3.05) is 7.11 Å². The molecule has 0 saturated heterocycles. The number of fused-ring (bicyclic) bond motifs is 1. The minimum Gasteiger partial charge on any atom is -0.496 e. The maximum Gasteiger partial charge on any atom is 0.128 e. The molecule has 68 valence electrons. The highest BCUT2D eigenvalue weighted by Crippen LogP contribution is 2.25. The third-order valence-corrected chi connectivity index (χ3v) is 2.28. The van der Waals surface area contributed by atoms with Gasteiger partial charge in [0.15, 0.2) is 0 Å². The largest absolute Gasteiger partial charge is 0.496 e. The molecular formula is C11H13NO. The Morgan fingerprint density at radius 3 is 2.92 bits per heavy atom. The van der Waals surface area contributed by atoms with Gasteiger partial charge in [0, 0.05) is 16.6 Å². The van der Waals surface area contributed by atoms with Crippen molar-refractivity contribution < 1.29 is 4.74 Å². The van der Waals surface area contributed by atoms with Crippen molar-refractivity contribution in [1.29, 1.82) is 0 Å². The van der Waals surface area contributed by atoms with E-state index in [1.165, 1.54) is 11.1 Å². The fourth-order valence-corrected chi connectivity index (χ4v) is 1.55. The van der Waals surface area contributed by atoms with Crippen molar-refractivity contribution in [3.05, 3.63) is 30.0 Å². The second kappa shape index (κ2) is 3.13. The van der Waals surface area contributed by atoms with Crippen LogP contribution in [0.4, 0.5) is 0 Å². The lowest BCUT2D eigenvalue weighted by Gasteiger charge is -1.99. The van der Waals surface area contributed by atoms with E-state index in [4.69, 9.17) is 4.74 Å². The summed E-state index contributed by atoms with van der Waals surface area (Å²) in [4.78, 5) is 3.34. The average Bonchev–Trinajstić information content (AvgIpc) is 2.59. The Kier molecular flexibility index (Phi) is 1.97. The summed E-state index contributed by atoms with van der Waals surface area (Å²) in [5.41, 5.74) is 2.40. The molecule has 13 heavy (non-hydrogen) atoms. The van der Waals surface area contributed by atoms with Crippen molar-refractivity contribution in [3.63, 3.8) is 0 Å². The van der Waals surface area contributed by atoms with E-state index in [0.29, 0.717) is 0 Å². The van der Waals surface area contributed by atoms with Crippen LogP contribution < -0.4 is 4.74 Å². The van der Waals surface area contributed by atoms with E-state index in [0.717, 1.165) is 17.7 Å². The van der Waals surface area contributed by atoms with Crippen LogP contribution in [0, 0.1) is 0 Å². The molecule has 0 unspecified atom stereocenters. The van der Waals surface area contributed by atoms with Crippen LogP contribution >= 0.6 is 0 Å². The number of hydrogen-bond acceptors (Lipinski definition) is 1. The van der Waals surface area contributed by atoms with Crippen molar-refractivity contribution in [2.24, 2.45) is 0 Å². The van der Waals surface area contributed by atoms with Gasteiger partial charge in [0.25, 0.3) is 0 Å². The molecule has 1 aromatic carbocycles. The number of rotatable bonds is 2. The topological polar surface area (TPSA) is 25.0 Å². The zero-order valence-electron chi connectivity index (χ0n) is 7.92. The molecule has 0 amide bonds. The number of ether oxygens (including phenoxy) is 1. The van der Waals surface area contributed by atoms with E-state index in [1.807, 2.05) is 12.1 Å². The molecule has 1 heterocycles. The normalized spacial score (nSPS) is 10.6. The van der Waals surface area contributed by atoms with Crippen LogP contribution in [-0.4, -0.2) is 12.1 Å². The van der Waals surface area contributed by atoms with E-state index in [9.17, 15) is 0 Å². The number of hydrogen-bond donors (Lipinski definition) is 1. The molecule has 0 bridgehead atoms. The minimum absolute atomic E-state index is 0.938. The Labute approximate surface area is 77.5 Å². The van der Waals surface area contributed by atoms with Gasteiger partial charge in [0.05, 0.1) is 7.11 Å². The Morgan fingerprint density at radius 2 is 2.23 bits per heavy atom. The summed E-state index contributed by atoms with van der Waals surface area (Å²) < 4.78 is 5.27. The fourth-order valence-electron chi connectivity index (χ4n) is 1.55. The molecule has 2 nitrogen and oxygen atoms in total. The van der Waals surface area contributed by atoms with Gasteiger partial charge in [-0.2, -0.15) is 0 Å². The lowest BCUT2D eigenvalue weighted by Crippen LogP contribution is -1.81. The molecule has 0 radical (unpaired) electrons. The highest BCUT2D eigenvalue weighted by molar-refractivity contribution is 5.86. The molecule has 0 aliphatic rings. The van der Waals surface area contributed by atoms with Gasteiger partial charge in [-0.25, -0.2) is 0 Å². The maximum atomic E-state index is 5.27. The molecular weight excluding hydrogens is 162 g/mol. The molecule has 2 aromatic rings. The SMILES string of the molecule is CCc1cc2c(OC)cccc2[nH]1. The number of nitrogens with one attached hydrogen (secondary N) is 1. The smallest absolute Gasteiger partial charge is 0.128 e. The first-order chi connectivity index (χ1) is 6.35. The van der Waals surface area contributed by atoms with Crippen LogP contribution in [0.3, 0.4) is 0 Å². The highest BCUT2D eigenvalue weighted by atomic mass is 16.5. The third-order valence-electron chi connectivity index (χ3n) is 2.28. The quantitative estimate of drug-likeness (QED) is 0.745. The predicted octanol–water partition coefficient (Wildman–Crippen LogP) is 2.74. The van der Waals surface area contributed by atoms with Crippen molar-refractivity contribution in [2.45, 2.75) is 13.3 Å². The summed E-state index contributed by atoms with van der Waals surface area (Å²) in [6.45, 7) is 2.14. The zero-order valence-corrected chi connectivity index (χ0v) is 7.92. The summed E-state index contributed by atoms with van der Waals surface area (Å²) >= 11 is 0. The van der Waals surface area contributed by atoms with Crippen LogP contribution in [0.5, 0.6) is 5.75 Å². The van der Waals surface area contributed by atoms with Gasteiger partial charge in [-0.1, -0.05) is 13.0 Å². The van der Waals surface area contributed by atoms with Gasteiger partial charge in [-0.3, -0.25) is 0 Å². The van der Waals surface area contributed by atoms with Crippen LogP contribution in [0.25, 0.3) is 10.9 Å². The van der Waals surface area contributed by atoms with Gasteiger partial charge >= 0.3 is 0 Å². The first-order valence-electron chi connectivity index (χ1n) is 4.49. The first-order valence-corrected chi connectivity index (χ1v) is 4.49. The summed E-state index contributed by atoms with van der Waals surface area (Å²) in [7, 11) is 1.70. The van der Waals surface area contributed by atoms with Crippen molar-refractivity contribution in [1.82, 2.24) is 4.98 Å². The molecule has 0 saturated carbocycles. The molecule has 2 rings (SSSR count). The Hall–Kier alpha value is -1.44. The summed E-state index contributed by atoms with van der Waals surface area (Å²) in [6, 6.07) is 8.19. The molecule has 0 spiro atoms. The number of aromatic amines is 1. The molecule has 1 N–H and O–H groups in total. The summed E-state index contributed by atoms with van der Waals surface area (Å²) in [5.74, 6) is 0.938. The zero-order chi connectivity index (χ0) is 9.26. The van der Waals surface area contributed by atoms with Crippen LogP contribution in [0.1, 0.15) is 12.6 Å². The standard InChI is InChI=1S/C11H13NO/c1-3-8-7-9-10(12-8)5-4-6-11(9)13-2/h4-7,12H,3H2,1-2H3. The predicted molar refractivity (Wildman–Crippen MR) is 54.2 cm³/mol. The number of aromatic nitrogens is 1. The van der Waals surface area contributed by atoms with E-state index in [-0.39, 0.29) is 0 Å². The maximum absolute atomic E-state index is 5.27. The van der Waals surface area contributed by atoms with E-state index in [2.05, 4.69) is 24.0 Å². The van der Waals surface area contributed by atoms with Crippen molar-refractivity contribution in [3.8, 4) is 5.75 Å². The van der Waals surface area contributed by atoms with E-state index >= 15 is 0 Å². The monoisotopic (exact) mass is 175 g/mol. The Morgan fingerprint density at radius 1 is 1.38 bits per heavy atom. The average molecular weight is 175 g/mol. The summed E-state index contributed by atoms with van der Waals surface area (Å²) in [6.07, 6.45) is 1.03. The first kappa shape index (κ1) is 8.17. The lowest BCUT2D eigenvalue weighted by molar-refractivity contribution is 0.420.